The topological polar surface area (TPSA) is 72.8 Å². The second kappa shape index (κ2) is 75.1. The Morgan fingerprint density at radius 2 is 0.476 bits per heavy atom. The zero-order chi connectivity index (χ0) is 60.5. The lowest BCUT2D eigenvalue weighted by Gasteiger charge is -2.15. The van der Waals surface area contributed by atoms with Crippen LogP contribution in [0.5, 0.6) is 0 Å². The monoisotopic (exact) mass is 1180 g/mol. The van der Waals surface area contributed by atoms with E-state index in [1.54, 1.807) is 0 Å². The summed E-state index contributed by atoms with van der Waals surface area (Å²) in [6, 6.07) is 0. The van der Waals surface area contributed by atoms with Crippen molar-refractivity contribution in [3.8, 4) is 0 Å². The molecule has 0 aliphatic heterocycles. The van der Waals surface area contributed by atoms with E-state index in [0.29, 0.717) is 12.8 Å². The van der Waals surface area contributed by atoms with E-state index in [1.807, 2.05) is 0 Å². The summed E-state index contributed by atoms with van der Waals surface area (Å²) in [6.45, 7) is 4.19. The number of rotatable bonds is 72. The Morgan fingerprint density at radius 3 is 0.726 bits per heavy atom. The molecule has 1 N–H and O–H groups in total. The molecule has 0 bridgehead atoms. The molecule has 0 rings (SSSR count). The summed E-state index contributed by atoms with van der Waals surface area (Å²) in [5.41, 5.74) is 0. The molecule has 0 saturated heterocycles. The summed E-state index contributed by atoms with van der Waals surface area (Å²) in [6.07, 6.45) is 102. The molecule has 1 unspecified atom stereocenters. The predicted octanol–water partition coefficient (Wildman–Crippen LogP) is 26.7. The molecule has 84 heavy (non-hydrogen) atoms. The molecule has 0 amide bonds. The third-order valence-electron chi connectivity index (χ3n) is 17.6. The number of carbonyl (C=O) groups excluding carboxylic acids is 2. The van der Waals surface area contributed by atoms with E-state index in [1.165, 1.54) is 353 Å². The van der Waals surface area contributed by atoms with Crippen molar-refractivity contribution in [2.24, 2.45) is 0 Å². The van der Waals surface area contributed by atoms with Crippen LogP contribution in [0.1, 0.15) is 425 Å². The molecule has 0 aliphatic carbocycles. The van der Waals surface area contributed by atoms with Crippen LogP contribution in [0.25, 0.3) is 0 Å². The van der Waals surface area contributed by atoms with E-state index < -0.39 is 6.10 Å². The minimum Gasteiger partial charge on any atom is -0.462 e. The molecule has 0 fully saturated rings. The molecule has 0 saturated carbocycles. The van der Waals surface area contributed by atoms with Gasteiger partial charge >= 0.3 is 11.9 Å². The summed E-state index contributed by atoms with van der Waals surface area (Å²) in [5, 5.41) is 9.71. The van der Waals surface area contributed by atoms with Gasteiger partial charge in [-0.2, -0.15) is 0 Å². The minimum absolute atomic E-state index is 0.0611. The average molecular weight is 1180 g/mol. The number of aliphatic hydroxyl groups is 1. The number of carbonyl (C=O) groups is 2. The first-order valence-electron chi connectivity index (χ1n) is 38.2. The summed E-state index contributed by atoms with van der Waals surface area (Å²) >= 11 is 0. The number of allylic oxidation sites excluding steroid dienone is 8. The smallest absolute Gasteiger partial charge is 0.306 e. The second-order valence-electron chi connectivity index (χ2n) is 26.1. The summed E-state index contributed by atoms with van der Waals surface area (Å²) < 4.78 is 10.8. The van der Waals surface area contributed by atoms with Gasteiger partial charge in [0.05, 0.1) is 6.61 Å². The van der Waals surface area contributed by atoms with Crippen molar-refractivity contribution in [3.05, 3.63) is 48.6 Å². The summed E-state index contributed by atoms with van der Waals surface area (Å²) in [5.74, 6) is -0.569. The Labute approximate surface area is 526 Å². The van der Waals surface area contributed by atoms with Gasteiger partial charge < -0.3 is 14.6 Å². The Kier molecular flexibility index (Phi) is 73.2. The fourth-order valence-electron chi connectivity index (χ4n) is 11.9. The van der Waals surface area contributed by atoms with Gasteiger partial charge in [0.25, 0.3) is 0 Å². The Hall–Kier alpha value is -2.14. The van der Waals surface area contributed by atoms with Crippen molar-refractivity contribution in [1.29, 1.82) is 0 Å². The molecule has 494 valence electrons. The summed E-state index contributed by atoms with van der Waals surface area (Å²) in [7, 11) is 0. The van der Waals surface area contributed by atoms with Gasteiger partial charge in [0, 0.05) is 12.8 Å². The number of esters is 2. The summed E-state index contributed by atoms with van der Waals surface area (Å²) in [4.78, 5) is 24.7. The van der Waals surface area contributed by atoms with Crippen LogP contribution in [0.2, 0.25) is 0 Å². The molecule has 0 spiro atoms. The fraction of sp³-hybridized carbons (Fsp3) is 0.873. The van der Waals surface area contributed by atoms with Crippen LogP contribution < -0.4 is 0 Å². The fourth-order valence-corrected chi connectivity index (χ4v) is 11.9. The largest absolute Gasteiger partial charge is 0.462 e. The predicted molar refractivity (Wildman–Crippen MR) is 371 cm³/mol. The molecule has 5 heteroatoms. The molecule has 0 aromatic heterocycles. The number of ether oxygens (including phenoxy) is 2. The van der Waals surface area contributed by atoms with Crippen molar-refractivity contribution in [2.75, 3.05) is 13.2 Å². The first-order chi connectivity index (χ1) is 41.6. The highest BCUT2D eigenvalue weighted by Gasteiger charge is 2.16. The molecule has 1 atom stereocenters. The number of aliphatic hydroxyl groups excluding tert-OH is 1. The van der Waals surface area contributed by atoms with E-state index in [-0.39, 0.29) is 25.2 Å². The van der Waals surface area contributed by atoms with Crippen LogP contribution >= 0.6 is 0 Å². The molecule has 5 nitrogen and oxygen atoms in total. The van der Waals surface area contributed by atoms with Crippen LogP contribution in [0.15, 0.2) is 48.6 Å². The van der Waals surface area contributed by atoms with Crippen LogP contribution in [0.4, 0.5) is 0 Å². The maximum Gasteiger partial charge on any atom is 0.306 e. The molecule has 0 aromatic rings. The van der Waals surface area contributed by atoms with Crippen LogP contribution in [0.3, 0.4) is 0 Å². The third kappa shape index (κ3) is 72.3. The van der Waals surface area contributed by atoms with Crippen molar-refractivity contribution < 1.29 is 24.2 Å². The second-order valence-corrected chi connectivity index (χ2v) is 26.1. The number of unbranched alkanes of at least 4 members (excludes halogenated alkanes) is 56. The maximum atomic E-state index is 12.4. The molecule has 0 aromatic carbocycles. The highest BCUT2D eigenvalue weighted by atomic mass is 16.6. The standard InChI is InChI=1S/C79H148O5/c1-3-5-7-9-11-13-15-17-19-21-23-25-27-29-31-33-34-35-36-37-38-39-40-41-42-43-44-46-47-49-51-53-55-57-59-61-63-65-67-69-71-73-78(81)83-76-77(75-80)84-79(82)74-72-70-68-66-64-62-60-58-56-54-52-50-48-45-32-30-28-26-24-22-20-18-16-14-12-10-8-6-4-2/h16,18,21-24,28,30,77,80H,3-15,17,19-20,25-27,29,31-76H2,1-2H3/b18-16-,23-21-,24-22-,30-28-. The lowest BCUT2D eigenvalue weighted by molar-refractivity contribution is -0.161. The highest BCUT2D eigenvalue weighted by molar-refractivity contribution is 5.70. The number of hydrogen-bond acceptors (Lipinski definition) is 5. The normalized spacial score (nSPS) is 12.4. The molecular formula is C79H148O5. The van der Waals surface area contributed by atoms with Gasteiger partial charge in [-0.15, -0.1) is 0 Å². The van der Waals surface area contributed by atoms with Crippen molar-refractivity contribution in [3.63, 3.8) is 0 Å². The number of hydrogen-bond donors (Lipinski definition) is 1. The van der Waals surface area contributed by atoms with Crippen molar-refractivity contribution >= 4 is 11.9 Å². The average Bonchev–Trinajstić information content (AvgIpc) is 3.51. The lowest BCUT2D eigenvalue weighted by atomic mass is 10.0. The molecule has 0 radical (unpaired) electrons. The van der Waals surface area contributed by atoms with Gasteiger partial charge in [-0.25, -0.2) is 0 Å². The van der Waals surface area contributed by atoms with Gasteiger partial charge in [0.1, 0.15) is 6.61 Å². The first kappa shape index (κ1) is 81.9. The van der Waals surface area contributed by atoms with E-state index in [0.717, 1.165) is 44.9 Å². The SMILES string of the molecule is CCCCCCC/C=C\C/C=C\C/C=C\CCCCCCCCCCCCCCCCC(=O)OC(CO)COC(=O)CCCCCCCCCCCCCCCCCCCCCCCCCCCCCCC/C=C\CCCCCCCCCC. The Morgan fingerprint density at radius 1 is 0.274 bits per heavy atom. The van der Waals surface area contributed by atoms with Crippen LogP contribution in [0, 0.1) is 0 Å². The molecular weight excluding hydrogens is 1030 g/mol. The van der Waals surface area contributed by atoms with Gasteiger partial charge in [0.2, 0.25) is 0 Å². The zero-order valence-electron chi connectivity index (χ0n) is 56.9. The van der Waals surface area contributed by atoms with E-state index >= 15 is 0 Å². The molecule has 0 aliphatic rings. The van der Waals surface area contributed by atoms with Gasteiger partial charge in [-0.1, -0.05) is 383 Å². The first-order valence-corrected chi connectivity index (χ1v) is 38.2. The van der Waals surface area contributed by atoms with Crippen molar-refractivity contribution in [2.45, 2.75) is 431 Å². The third-order valence-corrected chi connectivity index (χ3v) is 17.6. The van der Waals surface area contributed by atoms with E-state index in [4.69, 9.17) is 9.47 Å². The van der Waals surface area contributed by atoms with Crippen molar-refractivity contribution in [1.82, 2.24) is 0 Å². The van der Waals surface area contributed by atoms with Crippen LogP contribution in [-0.2, 0) is 19.1 Å². The molecule has 0 heterocycles. The van der Waals surface area contributed by atoms with Gasteiger partial charge in [-0.3, -0.25) is 9.59 Å². The zero-order valence-corrected chi connectivity index (χ0v) is 56.9. The Balaban J connectivity index is 3.37. The van der Waals surface area contributed by atoms with E-state index in [9.17, 15) is 14.7 Å². The quantitative estimate of drug-likeness (QED) is 0.0373. The minimum atomic E-state index is -0.773. The van der Waals surface area contributed by atoms with Crippen LogP contribution in [-0.4, -0.2) is 36.4 Å². The Bertz CT molecular complexity index is 1380. The van der Waals surface area contributed by atoms with Gasteiger partial charge in [-0.05, 0) is 77.0 Å². The highest BCUT2D eigenvalue weighted by Crippen LogP contribution is 2.19. The maximum absolute atomic E-state index is 12.4. The van der Waals surface area contributed by atoms with Gasteiger partial charge in [0.15, 0.2) is 6.10 Å². The van der Waals surface area contributed by atoms with E-state index in [2.05, 4.69) is 62.5 Å². The lowest BCUT2D eigenvalue weighted by Crippen LogP contribution is -2.28.